The van der Waals surface area contributed by atoms with Gasteiger partial charge in [-0.25, -0.2) is 14.6 Å². The van der Waals surface area contributed by atoms with Crippen LogP contribution in [0.25, 0.3) is 16.7 Å². The van der Waals surface area contributed by atoms with Crippen molar-refractivity contribution in [3.05, 3.63) is 42.4 Å². The quantitative estimate of drug-likeness (QED) is 0.796. The second-order valence-corrected chi connectivity index (χ2v) is 6.06. The minimum Gasteiger partial charge on any atom is -0.367 e. The van der Waals surface area contributed by atoms with Gasteiger partial charge in [0, 0.05) is 6.04 Å². The topological polar surface area (TPSA) is 55.6 Å². The summed E-state index contributed by atoms with van der Waals surface area (Å²) in [5, 5.41) is 8.75. The summed E-state index contributed by atoms with van der Waals surface area (Å²) in [7, 11) is 0. The van der Waals surface area contributed by atoms with E-state index in [0.717, 1.165) is 22.5 Å². The lowest BCUT2D eigenvalue weighted by Crippen LogP contribution is -2.11. The molecule has 0 bridgehead atoms. The zero-order valence-electron chi connectivity index (χ0n) is 13.4. The number of anilines is 1. The van der Waals surface area contributed by atoms with E-state index < -0.39 is 0 Å². The van der Waals surface area contributed by atoms with E-state index in [1.807, 2.05) is 10.9 Å². The van der Waals surface area contributed by atoms with Crippen molar-refractivity contribution in [2.75, 3.05) is 5.32 Å². The van der Waals surface area contributed by atoms with Crippen LogP contribution in [0.2, 0.25) is 0 Å². The molecule has 0 aliphatic carbocycles. The second-order valence-electron chi connectivity index (χ2n) is 6.06. The highest BCUT2D eigenvalue weighted by molar-refractivity contribution is 5.87. The molecule has 22 heavy (non-hydrogen) atoms. The Labute approximate surface area is 130 Å². The van der Waals surface area contributed by atoms with Gasteiger partial charge in [-0.05, 0) is 37.5 Å². The molecule has 0 saturated carbocycles. The molecule has 0 unspecified atom stereocenters. The molecule has 1 N–H and O–H groups in total. The van der Waals surface area contributed by atoms with Gasteiger partial charge < -0.3 is 5.32 Å². The van der Waals surface area contributed by atoms with Crippen LogP contribution < -0.4 is 5.32 Å². The van der Waals surface area contributed by atoms with Crippen LogP contribution in [0.4, 0.5) is 5.82 Å². The fourth-order valence-electron chi connectivity index (χ4n) is 2.42. The maximum atomic E-state index is 4.48. The number of fused-ring (bicyclic) bond motifs is 1. The van der Waals surface area contributed by atoms with E-state index in [1.54, 1.807) is 6.33 Å². The fraction of sp³-hybridized carbons (Fsp3) is 0.353. The lowest BCUT2D eigenvalue weighted by atomic mass is 10.0. The molecule has 0 spiro atoms. The normalized spacial score (nSPS) is 11.5. The molecule has 2 heterocycles. The maximum Gasteiger partial charge on any atom is 0.168 e. The van der Waals surface area contributed by atoms with Crippen LogP contribution in [0.15, 0.2) is 36.8 Å². The Bertz CT molecular complexity index is 771. The molecule has 3 rings (SSSR count). The average molecular weight is 295 g/mol. The van der Waals surface area contributed by atoms with Crippen LogP contribution in [0.5, 0.6) is 0 Å². The first-order chi connectivity index (χ1) is 10.6. The molecule has 0 amide bonds. The molecule has 0 aliphatic heterocycles. The molecule has 5 nitrogen and oxygen atoms in total. The largest absolute Gasteiger partial charge is 0.367 e. The van der Waals surface area contributed by atoms with Crippen LogP contribution in [0.3, 0.4) is 0 Å². The molecular weight excluding hydrogens is 274 g/mol. The number of rotatable bonds is 4. The smallest absolute Gasteiger partial charge is 0.168 e. The number of nitrogens with one attached hydrogen (secondary N) is 1. The van der Waals surface area contributed by atoms with Gasteiger partial charge in [-0.1, -0.05) is 26.0 Å². The molecule has 3 aromatic rings. The predicted molar refractivity (Wildman–Crippen MR) is 89.5 cm³/mol. The number of nitrogens with zero attached hydrogens (tertiary/aromatic N) is 4. The van der Waals surface area contributed by atoms with Gasteiger partial charge in [0.25, 0.3) is 0 Å². The Balaban J connectivity index is 2.04. The molecule has 5 heteroatoms. The van der Waals surface area contributed by atoms with Crippen molar-refractivity contribution in [1.29, 1.82) is 0 Å². The van der Waals surface area contributed by atoms with E-state index in [9.17, 15) is 0 Å². The zero-order chi connectivity index (χ0) is 15.7. The van der Waals surface area contributed by atoms with Gasteiger partial charge in [0.1, 0.15) is 12.1 Å². The van der Waals surface area contributed by atoms with Crippen molar-refractivity contribution in [2.45, 2.75) is 39.7 Å². The number of aromatic nitrogens is 4. The van der Waals surface area contributed by atoms with Crippen LogP contribution in [0.1, 0.15) is 39.2 Å². The summed E-state index contributed by atoms with van der Waals surface area (Å²) in [6.45, 7) is 8.55. The van der Waals surface area contributed by atoms with Gasteiger partial charge in [-0.3, -0.25) is 0 Å². The van der Waals surface area contributed by atoms with Gasteiger partial charge in [0.05, 0.1) is 17.3 Å². The van der Waals surface area contributed by atoms with Gasteiger partial charge in [0.15, 0.2) is 5.65 Å². The SMILES string of the molecule is CC(C)Nc1ncnc2c1cnn2-c1ccc(C(C)C)cc1. The molecular formula is C17H21N5. The fourth-order valence-corrected chi connectivity index (χ4v) is 2.42. The standard InChI is InChI=1S/C17H21N5/c1-11(2)13-5-7-14(8-6-13)22-17-15(9-20-22)16(18-10-19-17)21-12(3)4/h5-12H,1-4H3,(H,18,19,21). The minimum absolute atomic E-state index is 0.312. The first-order valence-corrected chi connectivity index (χ1v) is 7.62. The summed E-state index contributed by atoms with van der Waals surface area (Å²) in [4.78, 5) is 8.71. The highest BCUT2D eigenvalue weighted by Gasteiger charge is 2.11. The van der Waals surface area contributed by atoms with E-state index in [2.05, 4.69) is 72.3 Å². The summed E-state index contributed by atoms with van der Waals surface area (Å²) >= 11 is 0. The lowest BCUT2D eigenvalue weighted by Gasteiger charge is -2.10. The van der Waals surface area contributed by atoms with E-state index in [0.29, 0.717) is 12.0 Å². The van der Waals surface area contributed by atoms with Crippen molar-refractivity contribution in [3.63, 3.8) is 0 Å². The third kappa shape index (κ3) is 2.66. The first-order valence-electron chi connectivity index (χ1n) is 7.62. The summed E-state index contributed by atoms with van der Waals surface area (Å²) < 4.78 is 1.85. The Hall–Kier alpha value is -2.43. The number of hydrogen-bond acceptors (Lipinski definition) is 4. The Morgan fingerprint density at radius 1 is 1.00 bits per heavy atom. The van der Waals surface area contributed by atoms with Gasteiger partial charge in [0.2, 0.25) is 0 Å². The zero-order valence-corrected chi connectivity index (χ0v) is 13.4. The molecule has 0 fully saturated rings. The Kier molecular flexibility index (Phi) is 3.79. The van der Waals surface area contributed by atoms with E-state index in [-0.39, 0.29) is 0 Å². The van der Waals surface area contributed by atoms with E-state index in [4.69, 9.17) is 0 Å². The predicted octanol–water partition coefficient (Wildman–Crippen LogP) is 3.76. The lowest BCUT2D eigenvalue weighted by molar-refractivity contribution is 0.857. The maximum absolute atomic E-state index is 4.48. The van der Waals surface area contributed by atoms with Crippen molar-refractivity contribution in [3.8, 4) is 5.69 Å². The molecule has 0 saturated heterocycles. The highest BCUT2D eigenvalue weighted by Crippen LogP contribution is 2.23. The van der Waals surface area contributed by atoms with Crippen LogP contribution in [-0.2, 0) is 0 Å². The van der Waals surface area contributed by atoms with Crippen molar-refractivity contribution in [2.24, 2.45) is 0 Å². The minimum atomic E-state index is 0.312. The first kappa shape index (κ1) is 14.5. The van der Waals surface area contributed by atoms with Crippen LogP contribution >= 0.6 is 0 Å². The molecule has 0 atom stereocenters. The third-order valence-electron chi connectivity index (χ3n) is 3.60. The summed E-state index contributed by atoms with van der Waals surface area (Å²) in [6.07, 6.45) is 3.39. The van der Waals surface area contributed by atoms with Crippen LogP contribution in [-0.4, -0.2) is 25.8 Å². The van der Waals surface area contributed by atoms with Gasteiger partial charge in [-0.15, -0.1) is 0 Å². The molecule has 0 aliphatic rings. The summed E-state index contributed by atoms with van der Waals surface area (Å²) in [5.74, 6) is 1.35. The average Bonchev–Trinajstić information content (AvgIpc) is 2.92. The summed E-state index contributed by atoms with van der Waals surface area (Å²) in [6, 6.07) is 8.76. The Morgan fingerprint density at radius 2 is 1.73 bits per heavy atom. The van der Waals surface area contributed by atoms with Crippen molar-refractivity contribution >= 4 is 16.9 Å². The second kappa shape index (κ2) is 5.75. The molecule has 114 valence electrons. The van der Waals surface area contributed by atoms with Gasteiger partial charge in [-0.2, -0.15) is 5.10 Å². The number of hydrogen-bond donors (Lipinski definition) is 1. The van der Waals surface area contributed by atoms with E-state index >= 15 is 0 Å². The Morgan fingerprint density at radius 3 is 2.36 bits per heavy atom. The highest BCUT2D eigenvalue weighted by atomic mass is 15.3. The monoisotopic (exact) mass is 295 g/mol. The number of benzene rings is 1. The van der Waals surface area contributed by atoms with Crippen molar-refractivity contribution in [1.82, 2.24) is 19.7 Å². The third-order valence-corrected chi connectivity index (χ3v) is 3.60. The van der Waals surface area contributed by atoms with Crippen molar-refractivity contribution < 1.29 is 0 Å². The van der Waals surface area contributed by atoms with Crippen LogP contribution in [0, 0.1) is 0 Å². The molecule has 2 aromatic heterocycles. The van der Waals surface area contributed by atoms with Gasteiger partial charge >= 0.3 is 0 Å². The van der Waals surface area contributed by atoms with E-state index in [1.165, 1.54) is 5.56 Å². The molecule has 0 radical (unpaired) electrons. The summed E-state index contributed by atoms with van der Waals surface area (Å²) in [5.41, 5.74) is 3.14. The molecule has 1 aromatic carbocycles.